The number of carbonyl (C=O) groups is 3. The quantitative estimate of drug-likeness (QED) is 0.339. The molecule has 4 rings (SSSR count). The van der Waals surface area contributed by atoms with Crippen LogP contribution in [0, 0.1) is 6.92 Å². The number of nitrogens with zero attached hydrogens (tertiary/aromatic N) is 2. The van der Waals surface area contributed by atoms with Crippen molar-refractivity contribution in [1.29, 1.82) is 0 Å². The lowest BCUT2D eigenvalue weighted by Crippen LogP contribution is -2.35. The summed E-state index contributed by atoms with van der Waals surface area (Å²) in [4.78, 5) is 42.8. The van der Waals surface area contributed by atoms with Crippen molar-refractivity contribution >= 4 is 63.0 Å². The Labute approximate surface area is 208 Å². The summed E-state index contributed by atoms with van der Waals surface area (Å²) in [6.45, 7) is 5.23. The number of anilines is 2. The van der Waals surface area contributed by atoms with E-state index < -0.39 is 0 Å². The molecule has 2 aromatic rings. The molecule has 34 heavy (non-hydrogen) atoms. The van der Waals surface area contributed by atoms with Crippen LogP contribution < -0.4 is 10.2 Å². The number of thiocarbonyl (C=S) groups is 1. The summed E-state index contributed by atoms with van der Waals surface area (Å²) in [6, 6.07) is 14.6. The molecule has 0 atom stereocenters. The zero-order chi connectivity index (χ0) is 24.2. The predicted molar refractivity (Wildman–Crippen MR) is 139 cm³/mol. The summed E-state index contributed by atoms with van der Waals surface area (Å²) in [5, 5.41) is 2.87. The van der Waals surface area contributed by atoms with Gasteiger partial charge in [-0.05, 0) is 38.0 Å². The molecule has 2 aliphatic heterocycles. The van der Waals surface area contributed by atoms with Gasteiger partial charge in [-0.25, -0.2) is 0 Å². The number of hydrogen-bond donors (Lipinski definition) is 1. The summed E-state index contributed by atoms with van der Waals surface area (Å²) in [5.74, 6) is -0.978. The molecular formula is C25H25N3O4S2. The third-order valence-electron chi connectivity index (χ3n) is 5.59. The monoisotopic (exact) mass is 495 g/mol. The van der Waals surface area contributed by atoms with Crippen LogP contribution in [0.4, 0.5) is 11.4 Å². The van der Waals surface area contributed by atoms with E-state index in [0.29, 0.717) is 57.9 Å². The number of amides is 3. The van der Waals surface area contributed by atoms with Gasteiger partial charge in [0.1, 0.15) is 10.9 Å². The van der Waals surface area contributed by atoms with Gasteiger partial charge in [0.25, 0.3) is 11.8 Å². The van der Waals surface area contributed by atoms with Crippen molar-refractivity contribution in [2.45, 2.75) is 20.3 Å². The van der Waals surface area contributed by atoms with E-state index >= 15 is 0 Å². The van der Waals surface area contributed by atoms with Crippen LogP contribution in [0.5, 0.6) is 0 Å². The highest BCUT2D eigenvalue weighted by molar-refractivity contribution is 8.26. The van der Waals surface area contributed by atoms with E-state index in [0.717, 1.165) is 17.3 Å². The van der Waals surface area contributed by atoms with Gasteiger partial charge in [-0.3, -0.25) is 24.2 Å². The second kappa shape index (κ2) is 10.5. The zero-order valence-corrected chi connectivity index (χ0v) is 20.6. The standard InChI is InChI=1S/C25H25N3O4S2/c1-3-32-14-8-13-27-24(31)22(34-25(27)33)21-17-10-5-7-12-19(17)28(23(21)30)15-20(29)26-18-11-6-4-9-16(18)2/h4-7,9-12H,3,8,13-15H2,1-2H3,(H,26,29)/b22-21+. The summed E-state index contributed by atoms with van der Waals surface area (Å²) in [5.41, 5.74) is 3.15. The van der Waals surface area contributed by atoms with Crippen LogP contribution in [0.3, 0.4) is 0 Å². The molecule has 0 radical (unpaired) electrons. The Kier molecular flexibility index (Phi) is 7.45. The molecule has 7 nitrogen and oxygen atoms in total. The maximum Gasteiger partial charge on any atom is 0.267 e. The fraction of sp³-hybridized carbons (Fsp3) is 0.280. The van der Waals surface area contributed by atoms with Gasteiger partial charge >= 0.3 is 0 Å². The van der Waals surface area contributed by atoms with Crippen LogP contribution in [0.15, 0.2) is 53.4 Å². The Balaban J connectivity index is 1.58. The number of hydrogen-bond acceptors (Lipinski definition) is 6. The normalized spacial score (nSPS) is 17.5. The lowest BCUT2D eigenvalue weighted by Gasteiger charge is -2.17. The molecule has 1 N–H and O–H groups in total. The van der Waals surface area contributed by atoms with Gasteiger partial charge in [-0.15, -0.1) is 0 Å². The van der Waals surface area contributed by atoms with E-state index in [1.54, 1.807) is 18.2 Å². The predicted octanol–water partition coefficient (Wildman–Crippen LogP) is 3.98. The van der Waals surface area contributed by atoms with Crippen molar-refractivity contribution in [1.82, 2.24) is 4.90 Å². The van der Waals surface area contributed by atoms with Crippen LogP contribution in [0.25, 0.3) is 5.57 Å². The molecule has 0 unspecified atom stereocenters. The number of ether oxygens (including phenoxy) is 1. The van der Waals surface area contributed by atoms with E-state index in [1.807, 2.05) is 44.2 Å². The van der Waals surface area contributed by atoms with Gasteiger partial charge < -0.3 is 10.1 Å². The van der Waals surface area contributed by atoms with Crippen LogP contribution in [0.2, 0.25) is 0 Å². The third kappa shape index (κ3) is 4.77. The molecule has 0 aromatic heterocycles. The highest BCUT2D eigenvalue weighted by Crippen LogP contribution is 2.44. The molecule has 2 heterocycles. The topological polar surface area (TPSA) is 79.0 Å². The van der Waals surface area contributed by atoms with Crippen LogP contribution in [0.1, 0.15) is 24.5 Å². The molecule has 0 aliphatic carbocycles. The molecule has 2 aliphatic rings. The summed E-state index contributed by atoms with van der Waals surface area (Å²) in [6.07, 6.45) is 0.651. The van der Waals surface area contributed by atoms with Crippen molar-refractivity contribution in [3.05, 3.63) is 64.6 Å². The lowest BCUT2D eigenvalue weighted by atomic mass is 10.1. The second-order valence-electron chi connectivity index (χ2n) is 7.85. The van der Waals surface area contributed by atoms with E-state index in [-0.39, 0.29) is 24.3 Å². The van der Waals surface area contributed by atoms with Crippen LogP contribution in [-0.4, -0.2) is 53.2 Å². The van der Waals surface area contributed by atoms with Crippen molar-refractivity contribution in [3.8, 4) is 0 Å². The number of rotatable bonds is 8. The number of carbonyl (C=O) groups excluding carboxylic acids is 3. The maximum atomic E-state index is 13.5. The second-order valence-corrected chi connectivity index (χ2v) is 9.50. The highest BCUT2D eigenvalue weighted by Gasteiger charge is 2.42. The molecule has 0 saturated carbocycles. The Hall–Kier alpha value is -3.01. The SMILES string of the molecule is CCOCCCN1C(=O)/C(=C2\C(=O)N(CC(=O)Nc3ccccc3C)c3ccccc32)SC1=S. The molecular weight excluding hydrogens is 470 g/mol. The number of thioether (sulfide) groups is 1. The lowest BCUT2D eigenvalue weighted by molar-refractivity contribution is -0.122. The van der Waals surface area contributed by atoms with E-state index in [4.69, 9.17) is 17.0 Å². The minimum atomic E-state index is -0.379. The Bertz CT molecular complexity index is 1190. The van der Waals surface area contributed by atoms with Crippen molar-refractivity contribution in [2.75, 3.05) is 36.5 Å². The summed E-state index contributed by atoms with van der Waals surface area (Å²) < 4.78 is 5.78. The highest BCUT2D eigenvalue weighted by atomic mass is 32.2. The zero-order valence-electron chi connectivity index (χ0n) is 19.0. The van der Waals surface area contributed by atoms with E-state index in [9.17, 15) is 14.4 Å². The van der Waals surface area contributed by atoms with Crippen molar-refractivity contribution in [3.63, 3.8) is 0 Å². The third-order valence-corrected chi connectivity index (χ3v) is 7.04. The van der Waals surface area contributed by atoms with Gasteiger partial charge in [-0.2, -0.15) is 0 Å². The largest absolute Gasteiger partial charge is 0.382 e. The average Bonchev–Trinajstić information content (AvgIpc) is 3.25. The van der Waals surface area contributed by atoms with Gasteiger partial charge in [-0.1, -0.05) is 60.4 Å². The maximum absolute atomic E-state index is 13.5. The van der Waals surface area contributed by atoms with Crippen molar-refractivity contribution in [2.24, 2.45) is 0 Å². The van der Waals surface area contributed by atoms with Gasteiger partial charge in [0, 0.05) is 31.0 Å². The Morgan fingerprint density at radius 2 is 1.79 bits per heavy atom. The van der Waals surface area contributed by atoms with Gasteiger partial charge in [0.05, 0.1) is 16.2 Å². The first-order valence-corrected chi connectivity index (χ1v) is 12.3. The smallest absolute Gasteiger partial charge is 0.267 e. The molecule has 176 valence electrons. The van der Waals surface area contributed by atoms with E-state index in [2.05, 4.69) is 5.32 Å². The molecule has 9 heteroatoms. The molecule has 2 aromatic carbocycles. The number of aryl methyl sites for hydroxylation is 1. The fourth-order valence-corrected chi connectivity index (χ4v) is 5.29. The van der Waals surface area contributed by atoms with Crippen LogP contribution in [-0.2, 0) is 19.1 Å². The van der Waals surface area contributed by atoms with Crippen LogP contribution >= 0.6 is 24.0 Å². The summed E-state index contributed by atoms with van der Waals surface area (Å²) in [7, 11) is 0. The number of fused-ring (bicyclic) bond motifs is 1. The molecule has 1 fully saturated rings. The minimum Gasteiger partial charge on any atom is -0.382 e. The minimum absolute atomic E-state index is 0.164. The molecule has 0 bridgehead atoms. The van der Waals surface area contributed by atoms with Gasteiger partial charge in [0.15, 0.2) is 0 Å². The number of benzene rings is 2. The first-order chi connectivity index (χ1) is 16.4. The number of nitrogens with one attached hydrogen (secondary N) is 1. The molecule has 0 spiro atoms. The first kappa shape index (κ1) is 24.1. The average molecular weight is 496 g/mol. The Morgan fingerprint density at radius 1 is 1.06 bits per heavy atom. The number of para-hydroxylation sites is 2. The fourth-order valence-electron chi connectivity index (χ4n) is 3.91. The first-order valence-electron chi connectivity index (χ1n) is 11.0. The molecule has 1 saturated heterocycles. The van der Waals surface area contributed by atoms with Crippen molar-refractivity contribution < 1.29 is 19.1 Å². The van der Waals surface area contributed by atoms with E-state index in [1.165, 1.54) is 9.80 Å². The Morgan fingerprint density at radius 3 is 2.56 bits per heavy atom. The summed E-state index contributed by atoms with van der Waals surface area (Å²) >= 11 is 6.57. The van der Waals surface area contributed by atoms with Gasteiger partial charge in [0.2, 0.25) is 5.91 Å². The molecule has 3 amide bonds.